The molecule has 0 aliphatic carbocycles. The number of ether oxygens (including phenoxy) is 2. The molecule has 1 atom stereocenters. The molecule has 1 saturated heterocycles. The van der Waals surface area contributed by atoms with Crippen molar-refractivity contribution >= 4 is 5.97 Å². The first-order chi connectivity index (χ1) is 10.9. The molecule has 0 amide bonds. The zero-order valence-electron chi connectivity index (χ0n) is 13.5. The molecule has 1 aliphatic heterocycles. The second kappa shape index (κ2) is 6.51. The summed E-state index contributed by atoms with van der Waals surface area (Å²) in [5, 5.41) is 0. The van der Waals surface area contributed by atoms with Crippen LogP contribution >= 0.6 is 0 Å². The van der Waals surface area contributed by atoms with Gasteiger partial charge in [-0.25, -0.2) is 0 Å². The molecule has 0 aromatic heterocycles. The predicted octanol–water partition coefficient (Wildman–Crippen LogP) is 0.596. The summed E-state index contributed by atoms with van der Waals surface area (Å²) >= 11 is -0.185. The molecule has 23 heavy (non-hydrogen) atoms. The molecular weight excluding hydrogens is 403 g/mol. The van der Waals surface area contributed by atoms with E-state index in [2.05, 4.69) is 43.3 Å². The van der Waals surface area contributed by atoms with Gasteiger partial charge in [0.15, 0.2) is 0 Å². The zero-order valence-corrected chi connectivity index (χ0v) is 15.7. The monoisotopic (exact) mass is 423 g/mol. The Hall–Kier alpha value is -1.56. The van der Waals surface area contributed by atoms with Crippen LogP contribution in [0.5, 0.6) is 5.75 Å². The zero-order chi connectivity index (χ0) is 16.4. The van der Waals surface area contributed by atoms with Gasteiger partial charge in [0.2, 0.25) is 0 Å². The second-order valence-corrected chi connectivity index (χ2v) is 9.37. The Morgan fingerprint density at radius 1 is 1.04 bits per heavy atom. The fraction of sp³-hybridized carbons (Fsp3) is 0.316. The number of carbonyl (C=O) groups is 1. The first-order valence-corrected chi connectivity index (χ1v) is 9.78. The SMILES string of the molecule is Cc1ccc([I-]c2ccc(OC3CC(C)(C)OC3=O)cc2)cc1. The van der Waals surface area contributed by atoms with Crippen LogP contribution in [0.1, 0.15) is 25.8 Å². The summed E-state index contributed by atoms with van der Waals surface area (Å²) in [5.74, 6) is 0.451. The van der Waals surface area contributed by atoms with Crippen molar-refractivity contribution < 1.29 is 35.5 Å². The fourth-order valence-corrected chi connectivity index (χ4v) is 4.62. The van der Waals surface area contributed by atoms with Crippen LogP contribution < -0.4 is 25.9 Å². The van der Waals surface area contributed by atoms with E-state index >= 15 is 0 Å². The van der Waals surface area contributed by atoms with Crippen molar-refractivity contribution in [3.05, 3.63) is 61.2 Å². The average Bonchev–Trinajstić information content (AvgIpc) is 2.76. The summed E-state index contributed by atoms with van der Waals surface area (Å²) in [6, 6.07) is 16.8. The summed E-state index contributed by atoms with van der Waals surface area (Å²) in [6.45, 7) is 5.91. The molecule has 3 nitrogen and oxygen atoms in total. The summed E-state index contributed by atoms with van der Waals surface area (Å²) < 4.78 is 13.8. The van der Waals surface area contributed by atoms with Crippen LogP contribution in [-0.4, -0.2) is 17.7 Å². The van der Waals surface area contributed by atoms with Crippen LogP contribution in [0, 0.1) is 14.1 Å². The molecule has 1 aliphatic rings. The number of aryl methyl sites for hydroxylation is 1. The van der Waals surface area contributed by atoms with Crippen molar-refractivity contribution in [1.82, 2.24) is 0 Å². The molecule has 122 valence electrons. The Balaban J connectivity index is 1.63. The molecule has 4 heteroatoms. The molecule has 0 N–H and O–H groups in total. The van der Waals surface area contributed by atoms with Crippen molar-refractivity contribution in [2.75, 3.05) is 0 Å². The van der Waals surface area contributed by atoms with Crippen LogP contribution in [0.2, 0.25) is 0 Å². The molecule has 0 saturated carbocycles. The van der Waals surface area contributed by atoms with Crippen LogP contribution in [0.4, 0.5) is 0 Å². The third kappa shape index (κ3) is 4.25. The van der Waals surface area contributed by atoms with Gasteiger partial charge in [-0.15, -0.1) is 0 Å². The van der Waals surface area contributed by atoms with E-state index in [1.165, 1.54) is 12.7 Å². The summed E-state index contributed by atoms with van der Waals surface area (Å²) in [7, 11) is 0. The van der Waals surface area contributed by atoms with E-state index in [-0.39, 0.29) is 27.2 Å². The van der Waals surface area contributed by atoms with Gasteiger partial charge in [0.05, 0.1) is 0 Å². The second-order valence-electron chi connectivity index (χ2n) is 6.34. The van der Waals surface area contributed by atoms with Gasteiger partial charge >= 0.3 is 147 Å². The maximum atomic E-state index is 11.8. The molecule has 2 aromatic carbocycles. The van der Waals surface area contributed by atoms with Crippen molar-refractivity contribution in [3.63, 3.8) is 0 Å². The number of rotatable bonds is 4. The molecule has 0 radical (unpaired) electrons. The first kappa shape index (κ1) is 16.3. The number of esters is 1. The van der Waals surface area contributed by atoms with Crippen LogP contribution in [0.15, 0.2) is 48.5 Å². The van der Waals surface area contributed by atoms with Gasteiger partial charge in [0.25, 0.3) is 0 Å². The standard InChI is InChI=1S/C19H20IO3/c1-13-4-6-14(7-5-13)20-15-8-10-16(11-9-15)22-17-12-19(2,3)23-18(17)21/h4-11,17H,12H2,1-3H3/q-1. The number of hydrogen-bond donors (Lipinski definition) is 0. The third-order valence-corrected chi connectivity index (χ3v) is 6.32. The summed E-state index contributed by atoms with van der Waals surface area (Å²) in [5.41, 5.74) is 0.853. The van der Waals surface area contributed by atoms with Gasteiger partial charge in [0, 0.05) is 0 Å². The van der Waals surface area contributed by atoms with Gasteiger partial charge < -0.3 is 0 Å². The first-order valence-electron chi connectivity index (χ1n) is 7.62. The summed E-state index contributed by atoms with van der Waals surface area (Å²) in [6.07, 6.45) is 0.0896. The molecule has 1 fully saturated rings. The van der Waals surface area contributed by atoms with Crippen LogP contribution in [-0.2, 0) is 9.53 Å². The Bertz CT molecular complexity index is 690. The number of benzene rings is 2. The fourth-order valence-electron chi connectivity index (χ4n) is 2.46. The Morgan fingerprint density at radius 3 is 2.13 bits per heavy atom. The topological polar surface area (TPSA) is 35.5 Å². The van der Waals surface area contributed by atoms with Crippen molar-refractivity contribution in [2.45, 2.75) is 38.9 Å². The Morgan fingerprint density at radius 2 is 1.61 bits per heavy atom. The van der Waals surface area contributed by atoms with Crippen LogP contribution in [0.25, 0.3) is 0 Å². The minimum atomic E-state index is -0.498. The number of carbonyl (C=O) groups excluding carboxylic acids is 1. The Labute approximate surface area is 147 Å². The third-order valence-electron chi connectivity index (χ3n) is 3.64. The molecule has 3 rings (SSSR count). The van der Waals surface area contributed by atoms with E-state index in [1.54, 1.807) is 0 Å². The van der Waals surface area contributed by atoms with E-state index in [0.29, 0.717) is 6.42 Å². The van der Waals surface area contributed by atoms with Gasteiger partial charge in [-0.2, -0.15) is 0 Å². The summed E-state index contributed by atoms with van der Waals surface area (Å²) in [4.78, 5) is 11.8. The van der Waals surface area contributed by atoms with Crippen LogP contribution in [0.3, 0.4) is 0 Å². The van der Waals surface area contributed by atoms with Gasteiger partial charge in [0.1, 0.15) is 0 Å². The molecule has 1 unspecified atom stereocenters. The van der Waals surface area contributed by atoms with E-state index in [0.717, 1.165) is 5.75 Å². The maximum absolute atomic E-state index is 11.8. The quantitative estimate of drug-likeness (QED) is 0.534. The average molecular weight is 423 g/mol. The van der Waals surface area contributed by atoms with E-state index in [4.69, 9.17) is 9.47 Å². The molecule has 0 spiro atoms. The van der Waals surface area contributed by atoms with E-state index < -0.39 is 11.7 Å². The number of hydrogen-bond acceptors (Lipinski definition) is 3. The normalized spacial score (nSPS) is 19.6. The number of cyclic esters (lactones) is 1. The molecular formula is C19H20IO3-. The van der Waals surface area contributed by atoms with Gasteiger partial charge in [-0.1, -0.05) is 0 Å². The van der Waals surface area contributed by atoms with Crippen molar-refractivity contribution in [3.8, 4) is 5.75 Å². The van der Waals surface area contributed by atoms with Gasteiger partial charge in [-0.05, 0) is 0 Å². The van der Waals surface area contributed by atoms with E-state index in [9.17, 15) is 4.79 Å². The minimum absolute atomic E-state index is 0.185. The molecule has 2 aromatic rings. The Kier molecular flexibility index (Phi) is 4.62. The number of halogens is 1. The molecule has 0 bridgehead atoms. The predicted molar refractivity (Wildman–Crippen MR) is 84.2 cm³/mol. The van der Waals surface area contributed by atoms with E-state index in [1.807, 2.05) is 26.0 Å². The van der Waals surface area contributed by atoms with Crippen molar-refractivity contribution in [2.24, 2.45) is 0 Å². The molecule has 1 heterocycles. The van der Waals surface area contributed by atoms with Gasteiger partial charge in [-0.3, -0.25) is 0 Å². The van der Waals surface area contributed by atoms with Crippen molar-refractivity contribution in [1.29, 1.82) is 0 Å².